The molecule has 6 nitrogen and oxygen atoms in total. The van der Waals surface area contributed by atoms with Crippen LogP contribution in [-0.2, 0) is 11.3 Å². The number of carbonyl (C=O) groups is 1. The third kappa shape index (κ3) is 4.43. The Kier molecular flexibility index (Phi) is 5.61. The van der Waals surface area contributed by atoms with Crippen molar-refractivity contribution in [1.29, 1.82) is 0 Å². The number of hydrogen-bond acceptors (Lipinski definition) is 5. The molecule has 1 amide bonds. The van der Waals surface area contributed by atoms with E-state index in [-0.39, 0.29) is 5.91 Å². The van der Waals surface area contributed by atoms with Gasteiger partial charge in [-0.1, -0.05) is 23.7 Å². The van der Waals surface area contributed by atoms with Gasteiger partial charge in [-0.2, -0.15) is 0 Å². The molecule has 1 aromatic carbocycles. The van der Waals surface area contributed by atoms with Crippen LogP contribution in [0.1, 0.15) is 5.56 Å². The fourth-order valence-corrected chi connectivity index (χ4v) is 2.76. The first-order valence-electron chi connectivity index (χ1n) is 7.97. The molecule has 1 aliphatic rings. The monoisotopic (exact) mass is 345 g/mol. The lowest BCUT2D eigenvalue weighted by Crippen LogP contribution is -2.51. The highest BCUT2D eigenvalue weighted by Gasteiger charge is 2.21. The van der Waals surface area contributed by atoms with Gasteiger partial charge in [0.15, 0.2) is 0 Å². The Balaban J connectivity index is 1.41. The number of nitrogens with zero attached hydrogens (tertiary/aromatic N) is 4. The second-order valence-electron chi connectivity index (χ2n) is 5.65. The van der Waals surface area contributed by atoms with E-state index in [0.29, 0.717) is 26.2 Å². The highest BCUT2D eigenvalue weighted by atomic mass is 35.5. The molecule has 1 N–H and O–H groups in total. The molecule has 0 atom stereocenters. The molecule has 0 unspecified atom stereocenters. The van der Waals surface area contributed by atoms with Gasteiger partial charge in [0.1, 0.15) is 0 Å². The number of rotatable bonds is 5. The zero-order chi connectivity index (χ0) is 16.8. The van der Waals surface area contributed by atoms with Gasteiger partial charge in [-0.15, -0.1) is 0 Å². The van der Waals surface area contributed by atoms with E-state index in [1.807, 2.05) is 29.2 Å². The maximum atomic E-state index is 12.3. The number of benzene rings is 1. The zero-order valence-corrected chi connectivity index (χ0v) is 14.1. The lowest BCUT2D eigenvalue weighted by atomic mass is 10.2. The molecule has 7 heteroatoms. The second-order valence-corrected chi connectivity index (χ2v) is 6.08. The summed E-state index contributed by atoms with van der Waals surface area (Å²) >= 11 is 5.86. The Morgan fingerprint density at radius 1 is 1.08 bits per heavy atom. The zero-order valence-electron chi connectivity index (χ0n) is 13.4. The molecule has 24 heavy (non-hydrogen) atoms. The van der Waals surface area contributed by atoms with Crippen LogP contribution in [0.15, 0.2) is 42.7 Å². The first kappa shape index (κ1) is 16.7. The molecular formula is C17H20ClN5O. The van der Waals surface area contributed by atoms with Crippen molar-refractivity contribution in [2.45, 2.75) is 6.54 Å². The average Bonchev–Trinajstić information content (AvgIpc) is 2.64. The van der Waals surface area contributed by atoms with E-state index < -0.39 is 0 Å². The first-order valence-corrected chi connectivity index (χ1v) is 8.35. The van der Waals surface area contributed by atoms with E-state index in [0.717, 1.165) is 29.6 Å². The predicted octanol–water partition coefficient (Wildman–Crippen LogP) is 1.57. The van der Waals surface area contributed by atoms with Crippen LogP contribution >= 0.6 is 11.6 Å². The Morgan fingerprint density at radius 2 is 1.75 bits per heavy atom. The van der Waals surface area contributed by atoms with Gasteiger partial charge in [0.05, 0.1) is 6.54 Å². The summed E-state index contributed by atoms with van der Waals surface area (Å²) in [5.41, 5.74) is 1.11. The molecule has 2 aromatic rings. The molecule has 0 spiro atoms. The largest absolute Gasteiger partial charge is 0.338 e. The van der Waals surface area contributed by atoms with Crippen molar-refractivity contribution in [3.63, 3.8) is 0 Å². The predicted molar refractivity (Wildman–Crippen MR) is 94.0 cm³/mol. The van der Waals surface area contributed by atoms with Crippen molar-refractivity contribution in [3.8, 4) is 0 Å². The standard InChI is InChI=1S/C17H20ClN5O/c18-15-4-2-14(3-5-15)12-19-13-16(24)22-8-10-23(11-9-22)17-20-6-1-7-21-17/h1-7,19H,8-13H2. The van der Waals surface area contributed by atoms with Crippen molar-refractivity contribution in [2.24, 2.45) is 0 Å². The number of aromatic nitrogens is 2. The van der Waals surface area contributed by atoms with Crippen LogP contribution in [0.3, 0.4) is 0 Å². The number of piperazine rings is 1. The summed E-state index contributed by atoms with van der Waals surface area (Å²) < 4.78 is 0. The smallest absolute Gasteiger partial charge is 0.236 e. The van der Waals surface area contributed by atoms with Crippen LogP contribution in [0.4, 0.5) is 5.95 Å². The van der Waals surface area contributed by atoms with Crippen molar-refractivity contribution in [1.82, 2.24) is 20.2 Å². The minimum Gasteiger partial charge on any atom is -0.338 e. The van der Waals surface area contributed by atoms with Gasteiger partial charge in [-0.25, -0.2) is 9.97 Å². The van der Waals surface area contributed by atoms with E-state index in [1.54, 1.807) is 18.5 Å². The highest BCUT2D eigenvalue weighted by molar-refractivity contribution is 6.30. The molecule has 126 valence electrons. The molecule has 1 aliphatic heterocycles. The quantitative estimate of drug-likeness (QED) is 0.891. The van der Waals surface area contributed by atoms with Crippen LogP contribution in [-0.4, -0.2) is 53.5 Å². The minimum absolute atomic E-state index is 0.123. The summed E-state index contributed by atoms with van der Waals surface area (Å²) in [6.45, 7) is 3.89. The number of halogens is 1. The molecule has 0 aliphatic carbocycles. The molecule has 1 fully saturated rings. The first-order chi connectivity index (χ1) is 11.7. The Bertz CT molecular complexity index is 656. The fourth-order valence-electron chi connectivity index (χ4n) is 2.64. The number of hydrogen-bond donors (Lipinski definition) is 1. The molecule has 2 heterocycles. The van der Waals surface area contributed by atoms with Crippen molar-refractivity contribution in [2.75, 3.05) is 37.6 Å². The van der Waals surface area contributed by atoms with E-state index in [2.05, 4.69) is 20.2 Å². The van der Waals surface area contributed by atoms with Crippen LogP contribution < -0.4 is 10.2 Å². The molecule has 0 saturated carbocycles. The topological polar surface area (TPSA) is 61.4 Å². The van der Waals surface area contributed by atoms with Gasteiger partial charge < -0.3 is 15.1 Å². The Labute approximate surface area is 146 Å². The van der Waals surface area contributed by atoms with E-state index in [9.17, 15) is 4.79 Å². The van der Waals surface area contributed by atoms with Crippen molar-refractivity contribution < 1.29 is 4.79 Å². The molecular weight excluding hydrogens is 326 g/mol. The molecule has 0 bridgehead atoms. The fraction of sp³-hybridized carbons (Fsp3) is 0.353. The average molecular weight is 346 g/mol. The van der Waals surface area contributed by atoms with Gasteiger partial charge in [0.2, 0.25) is 11.9 Å². The van der Waals surface area contributed by atoms with Crippen molar-refractivity contribution >= 4 is 23.5 Å². The number of anilines is 1. The summed E-state index contributed by atoms with van der Waals surface area (Å²) in [5.74, 6) is 0.850. The van der Waals surface area contributed by atoms with E-state index in [1.165, 1.54) is 0 Å². The maximum absolute atomic E-state index is 12.3. The third-order valence-corrected chi connectivity index (χ3v) is 4.24. The van der Waals surface area contributed by atoms with Crippen LogP contribution in [0, 0.1) is 0 Å². The van der Waals surface area contributed by atoms with Gasteiger partial charge >= 0.3 is 0 Å². The summed E-state index contributed by atoms with van der Waals surface area (Å²) in [7, 11) is 0. The SMILES string of the molecule is O=C(CNCc1ccc(Cl)cc1)N1CCN(c2ncccn2)CC1. The van der Waals surface area contributed by atoms with Crippen LogP contribution in [0.25, 0.3) is 0 Å². The molecule has 3 rings (SSSR count). The number of amides is 1. The Morgan fingerprint density at radius 3 is 2.42 bits per heavy atom. The number of carbonyl (C=O) groups excluding carboxylic acids is 1. The lowest BCUT2D eigenvalue weighted by molar-refractivity contribution is -0.130. The van der Waals surface area contributed by atoms with Crippen LogP contribution in [0.5, 0.6) is 0 Å². The van der Waals surface area contributed by atoms with E-state index in [4.69, 9.17) is 11.6 Å². The summed E-state index contributed by atoms with van der Waals surface area (Å²) in [6.07, 6.45) is 3.47. The van der Waals surface area contributed by atoms with Gasteiger partial charge in [-0.05, 0) is 23.8 Å². The van der Waals surface area contributed by atoms with E-state index >= 15 is 0 Å². The maximum Gasteiger partial charge on any atom is 0.236 e. The Hall–Kier alpha value is -2.18. The summed E-state index contributed by atoms with van der Waals surface area (Å²) in [4.78, 5) is 24.8. The minimum atomic E-state index is 0.123. The molecule has 0 radical (unpaired) electrons. The summed E-state index contributed by atoms with van der Waals surface area (Å²) in [6, 6.07) is 9.42. The van der Waals surface area contributed by atoms with Gasteiger partial charge in [0.25, 0.3) is 0 Å². The second kappa shape index (κ2) is 8.08. The van der Waals surface area contributed by atoms with Crippen LogP contribution in [0.2, 0.25) is 5.02 Å². The number of nitrogens with one attached hydrogen (secondary N) is 1. The normalized spacial score (nSPS) is 14.7. The van der Waals surface area contributed by atoms with Gasteiger partial charge in [-0.3, -0.25) is 4.79 Å². The molecule has 1 saturated heterocycles. The summed E-state index contributed by atoms with van der Waals surface area (Å²) in [5, 5.41) is 3.91. The lowest BCUT2D eigenvalue weighted by Gasteiger charge is -2.34. The molecule has 1 aromatic heterocycles. The third-order valence-electron chi connectivity index (χ3n) is 3.99. The van der Waals surface area contributed by atoms with Gasteiger partial charge in [0, 0.05) is 50.1 Å². The highest BCUT2D eigenvalue weighted by Crippen LogP contribution is 2.10. The van der Waals surface area contributed by atoms with Crippen molar-refractivity contribution in [3.05, 3.63) is 53.3 Å².